The van der Waals surface area contributed by atoms with Gasteiger partial charge in [0.05, 0.1) is 4.34 Å². The third-order valence-corrected chi connectivity index (χ3v) is 3.67. The number of rotatable bonds is 5. The van der Waals surface area contributed by atoms with Crippen molar-refractivity contribution in [2.75, 3.05) is 0 Å². The smallest absolute Gasteiger partial charge is 0.138 e. The second kappa shape index (κ2) is 5.94. The fraction of sp³-hybridized carbons (Fsp3) is 0.231. The van der Waals surface area contributed by atoms with E-state index >= 15 is 0 Å². The van der Waals surface area contributed by atoms with Crippen molar-refractivity contribution >= 4 is 28.7 Å². The lowest BCUT2D eigenvalue weighted by atomic mass is 10.1. The molecule has 0 spiro atoms. The summed E-state index contributed by atoms with van der Waals surface area (Å²) in [5, 5.41) is 0. The lowest BCUT2D eigenvalue weighted by Crippen LogP contribution is -2.03. The molecule has 17 heavy (non-hydrogen) atoms. The van der Waals surface area contributed by atoms with Crippen LogP contribution in [0.2, 0.25) is 4.34 Å². The van der Waals surface area contributed by atoms with Gasteiger partial charge in [-0.1, -0.05) is 11.6 Å². The van der Waals surface area contributed by atoms with Crippen LogP contribution in [0.15, 0.2) is 36.7 Å². The van der Waals surface area contributed by atoms with Crippen LogP contribution in [0, 0.1) is 0 Å². The highest BCUT2D eigenvalue weighted by Crippen LogP contribution is 2.22. The number of pyridine rings is 1. The van der Waals surface area contributed by atoms with Gasteiger partial charge in [-0.3, -0.25) is 9.78 Å². The molecule has 2 rings (SSSR count). The zero-order chi connectivity index (χ0) is 12.1. The molecule has 2 heterocycles. The van der Waals surface area contributed by atoms with Gasteiger partial charge in [-0.15, -0.1) is 11.3 Å². The first-order valence-corrected chi connectivity index (χ1v) is 6.58. The summed E-state index contributed by atoms with van der Waals surface area (Å²) in [5.74, 6) is 0.250. The minimum Gasteiger partial charge on any atom is -0.299 e. The molecule has 0 fully saturated rings. The predicted octanol–water partition coefficient (Wildman–Crippen LogP) is 3.54. The second-order valence-electron chi connectivity index (χ2n) is 3.78. The van der Waals surface area contributed by atoms with E-state index in [-0.39, 0.29) is 5.78 Å². The third kappa shape index (κ3) is 3.95. The van der Waals surface area contributed by atoms with Crippen molar-refractivity contribution in [1.82, 2.24) is 4.98 Å². The molecule has 0 N–H and O–H groups in total. The average molecular weight is 266 g/mol. The van der Waals surface area contributed by atoms with E-state index in [0.29, 0.717) is 12.8 Å². The Bertz CT molecular complexity index is 495. The Balaban J connectivity index is 1.82. The maximum absolute atomic E-state index is 11.7. The molecule has 0 aliphatic rings. The lowest BCUT2D eigenvalue weighted by molar-refractivity contribution is -0.118. The third-order valence-electron chi connectivity index (χ3n) is 2.44. The Morgan fingerprint density at radius 1 is 1.24 bits per heavy atom. The molecule has 0 bridgehead atoms. The van der Waals surface area contributed by atoms with E-state index in [0.717, 1.165) is 21.2 Å². The Labute approximate surface area is 109 Å². The van der Waals surface area contributed by atoms with Crippen molar-refractivity contribution < 1.29 is 4.79 Å². The summed E-state index contributed by atoms with van der Waals surface area (Å²) in [6, 6.07) is 7.62. The first-order chi connectivity index (χ1) is 8.24. The molecule has 0 amide bonds. The average Bonchev–Trinajstić information content (AvgIpc) is 2.73. The second-order valence-corrected chi connectivity index (χ2v) is 5.58. The molecular weight excluding hydrogens is 254 g/mol. The quantitative estimate of drug-likeness (QED) is 0.828. The van der Waals surface area contributed by atoms with Crippen LogP contribution in [0.5, 0.6) is 0 Å². The van der Waals surface area contributed by atoms with Crippen molar-refractivity contribution in [3.63, 3.8) is 0 Å². The number of carbonyl (C=O) groups excluding carboxylic acids is 1. The molecule has 0 saturated heterocycles. The van der Waals surface area contributed by atoms with Crippen LogP contribution < -0.4 is 0 Å². The standard InChI is InChI=1S/C13H12ClNOS/c14-13-4-3-12(17-13)9-11(16)2-1-10-5-7-15-8-6-10/h3-8H,1-2,9H2. The van der Waals surface area contributed by atoms with Crippen molar-refractivity contribution in [3.05, 3.63) is 51.4 Å². The van der Waals surface area contributed by atoms with Crippen LogP contribution in [0.3, 0.4) is 0 Å². The van der Waals surface area contributed by atoms with Gasteiger partial charge in [0.25, 0.3) is 0 Å². The fourth-order valence-electron chi connectivity index (χ4n) is 1.56. The van der Waals surface area contributed by atoms with E-state index < -0.39 is 0 Å². The van der Waals surface area contributed by atoms with E-state index in [2.05, 4.69) is 4.98 Å². The number of hydrogen-bond acceptors (Lipinski definition) is 3. The van der Waals surface area contributed by atoms with Gasteiger partial charge >= 0.3 is 0 Å². The summed E-state index contributed by atoms with van der Waals surface area (Å²) < 4.78 is 0.738. The van der Waals surface area contributed by atoms with Gasteiger partial charge in [0.15, 0.2) is 0 Å². The topological polar surface area (TPSA) is 30.0 Å². The van der Waals surface area contributed by atoms with Gasteiger partial charge in [0, 0.05) is 30.1 Å². The Morgan fingerprint density at radius 3 is 2.65 bits per heavy atom. The minimum atomic E-state index is 0.250. The summed E-state index contributed by atoms with van der Waals surface area (Å²) in [6.45, 7) is 0. The van der Waals surface area contributed by atoms with Crippen LogP contribution in [0.4, 0.5) is 0 Å². The highest BCUT2D eigenvalue weighted by atomic mass is 35.5. The van der Waals surface area contributed by atoms with E-state index in [4.69, 9.17) is 11.6 Å². The van der Waals surface area contributed by atoms with Crippen molar-refractivity contribution in [2.45, 2.75) is 19.3 Å². The molecule has 0 saturated carbocycles. The molecule has 0 aliphatic heterocycles. The number of halogens is 1. The van der Waals surface area contributed by atoms with Gasteiger partial charge in [-0.25, -0.2) is 0 Å². The Hall–Kier alpha value is -1.19. The normalized spacial score (nSPS) is 10.4. The number of hydrogen-bond donors (Lipinski definition) is 0. The maximum Gasteiger partial charge on any atom is 0.138 e. The summed E-state index contributed by atoms with van der Waals surface area (Å²) in [6.07, 6.45) is 5.33. The molecule has 4 heteroatoms. The Morgan fingerprint density at radius 2 is 2.00 bits per heavy atom. The van der Waals surface area contributed by atoms with Crippen LogP contribution in [-0.2, 0) is 17.6 Å². The highest BCUT2D eigenvalue weighted by molar-refractivity contribution is 7.16. The van der Waals surface area contributed by atoms with Gasteiger partial charge in [0.1, 0.15) is 5.78 Å². The molecule has 0 unspecified atom stereocenters. The summed E-state index contributed by atoms with van der Waals surface area (Å²) in [5.41, 5.74) is 1.15. The van der Waals surface area contributed by atoms with Crippen molar-refractivity contribution in [2.24, 2.45) is 0 Å². The van der Waals surface area contributed by atoms with E-state index in [1.54, 1.807) is 12.4 Å². The fourth-order valence-corrected chi connectivity index (χ4v) is 2.68. The zero-order valence-electron chi connectivity index (χ0n) is 9.23. The number of aromatic nitrogens is 1. The van der Waals surface area contributed by atoms with Crippen LogP contribution in [0.1, 0.15) is 16.9 Å². The molecule has 0 radical (unpaired) electrons. The van der Waals surface area contributed by atoms with Crippen LogP contribution >= 0.6 is 22.9 Å². The SMILES string of the molecule is O=C(CCc1ccncc1)Cc1ccc(Cl)s1. The zero-order valence-corrected chi connectivity index (χ0v) is 10.8. The molecular formula is C13H12ClNOS. The number of nitrogens with zero attached hydrogens (tertiary/aromatic N) is 1. The molecule has 2 aromatic rings. The van der Waals surface area contributed by atoms with Gasteiger partial charge in [-0.05, 0) is 36.2 Å². The van der Waals surface area contributed by atoms with E-state index in [9.17, 15) is 4.79 Å². The summed E-state index contributed by atoms with van der Waals surface area (Å²) in [4.78, 5) is 16.7. The first-order valence-electron chi connectivity index (χ1n) is 5.39. The number of Topliss-reactive ketones (excluding diaryl/α,β-unsaturated/α-hetero) is 1. The van der Waals surface area contributed by atoms with Gasteiger partial charge in [0.2, 0.25) is 0 Å². The number of thiophene rings is 1. The largest absolute Gasteiger partial charge is 0.299 e. The van der Waals surface area contributed by atoms with E-state index in [1.165, 1.54) is 11.3 Å². The van der Waals surface area contributed by atoms with Crippen molar-refractivity contribution in [3.8, 4) is 0 Å². The monoisotopic (exact) mass is 265 g/mol. The molecule has 0 aliphatic carbocycles. The highest BCUT2D eigenvalue weighted by Gasteiger charge is 2.06. The number of ketones is 1. The first kappa shape index (κ1) is 12.3. The molecule has 2 aromatic heterocycles. The molecule has 0 aromatic carbocycles. The van der Waals surface area contributed by atoms with Crippen LogP contribution in [-0.4, -0.2) is 10.8 Å². The predicted molar refractivity (Wildman–Crippen MR) is 70.6 cm³/mol. The summed E-state index contributed by atoms with van der Waals surface area (Å²) >= 11 is 7.29. The Kier molecular flexibility index (Phi) is 4.29. The number of carbonyl (C=O) groups is 1. The molecule has 88 valence electrons. The molecule has 2 nitrogen and oxygen atoms in total. The summed E-state index contributed by atoms with van der Waals surface area (Å²) in [7, 11) is 0. The molecule has 0 atom stereocenters. The van der Waals surface area contributed by atoms with E-state index in [1.807, 2.05) is 24.3 Å². The minimum absolute atomic E-state index is 0.250. The lowest BCUT2D eigenvalue weighted by Gasteiger charge is -1.99. The number of aryl methyl sites for hydroxylation is 1. The van der Waals surface area contributed by atoms with Gasteiger partial charge in [-0.2, -0.15) is 0 Å². The van der Waals surface area contributed by atoms with Gasteiger partial charge < -0.3 is 0 Å². The maximum atomic E-state index is 11.7. The van der Waals surface area contributed by atoms with Crippen LogP contribution in [0.25, 0.3) is 0 Å². The van der Waals surface area contributed by atoms with Crippen molar-refractivity contribution in [1.29, 1.82) is 0 Å².